The third kappa shape index (κ3) is 7.10. The number of rotatable bonds is 6. The van der Waals surface area contributed by atoms with Gasteiger partial charge in [-0.25, -0.2) is 13.4 Å². The first-order valence-corrected chi connectivity index (χ1v) is 12.5. The number of guanidine groups is 1. The predicted octanol–water partition coefficient (Wildman–Crippen LogP) is 1.89. The zero-order valence-corrected chi connectivity index (χ0v) is 20.6. The van der Waals surface area contributed by atoms with Crippen molar-refractivity contribution in [1.82, 2.24) is 20.5 Å². The minimum atomic E-state index is -2.87. The maximum Gasteiger partial charge on any atom is 0.191 e. The fourth-order valence-electron chi connectivity index (χ4n) is 3.70. The first-order chi connectivity index (χ1) is 13.0. The molecule has 28 heavy (non-hydrogen) atoms. The largest absolute Gasteiger partial charge is 0.356 e. The van der Waals surface area contributed by atoms with Gasteiger partial charge in [0.05, 0.1) is 22.2 Å². The molecule has 0 bridgehead atoms. The Labute approximate surface area is 189 Å². The number of likely N-dealkylation sites (tertiary alicyclic amines) is 1. The summed E-state index contributed by atoms with van der Waals surface area (Å²) in [4.78, 5) is 11.4. The smallest absolute Gasteiger partial charge is 0.191 e. The van der Waals surface area contributed by atoms with Crippen LogP contribution in [-0.2, 0) is 22.8 Å². The van der Waals surface area contributed by atoms with Gasteiger partial charge in [-0.1, -0.05) is 6.92 Å². The summed E-state index contributed by atoms with van der Waals surface area (Å²) >= 11 is 1.76. The topological polar surface area (TPSA) is 86.7 Å². The highest BCUT2D eigenvalue weighted by Crippen LogP contribution is 2.19. The van der Waals surface area contributed by atoms with Crippen molar-refractivity contribution in [1.29, 1.82) is 0 Å². The summed E-state index contributed by atoms with van der Waals surface area (Å²) in [6, 6.07) is -0.0193. The fraction of sp³-hybridized carbons (Fsp3) is 0.778. The van der Waals surface area contributed by atoms with Gasteiger partial charge < -0.3 is 10.6 Å². The number of aryl methyl sites for hydroxylation is 1. The molecule has 2 N–H and O–H groups in total. The zero-order chi connectivity index (χ0) is 19.3. The zero-order valence-electron chi connectivity index (χ0n) is 16.7. The molecule has 1 unspecified atom stereocenters. The van der Waals surface area contributed by atoms with Gasteiger partial charge in [0.25, 0.3) is 0 Å². The highest BCUT2D eigenvalue weighted by molar-refractivity contribution is 14.0. The summed E-state index contributed by atoms with van der Waals surface area (Å²) in [5.41, 5.74) is 1.20. The number of hydrogen-bond acceptors (Lipinski definition) is 6. The Morgan fingerprint density at radius 1 is 1.36 bits per heavy atom. The molecule has 0 aromatic carbocycles. The van der Waals surface area contributed by atoms with E-state index < -0.39 is 9.84 Å². The van der Waals surface area contributed by atoms with E-state index in [0.717, 1.165) is 45.4 Å². The number of aromatic nitrogens is 1. The van der Waals surface area contributed by atoms with Crippen molar-refractivity contribution < 1.29 is 8.42 Å². The lowest BCUT2D eigenvalue weighted by atomic mass is 9.97. The van der Waals surface area contributed by atoms with Crippen LogP contribution in [0.1, 0.15) is 36.9 Å². The number of thiazole rings is 1. The van der Waals surface area contributed by atoms with Crippen molar-refractivity contribution >= 4 is 51.1 Å². The molecule has 2 aliphatic heterocycles. The van der Waals surface area contributed by atoms with Crippen LogP contribution in [-0.4, -0.2) is 68.5 Å². The van der Waals surface area contributed by atoms with Gasteiger partial charge in [0.15, 0.2) is 15.8 Å². The van der Waals surface area contributed by atoms with E-state index in [9.17, 15) is 8.42 Å². The van der Waals surface area contributed by atoms with Gasteiger partial charge in [0.2, 0.25) is 0 Å². The third-order valence-electron chi connectivity index (χ3n) is 5.35. The Morgan fingerprint density at radius 2 is 2.11 bits per heavy atom. The van der Waals surface area contributed by atoms with Gasteiger partial charge in [-0.3, -0.25) is 9.89 Å². The molecule has 160 valence electrons. The molecular formula is C18H32IN5O2S2. The van der Waals surface area contributed by atoms with Gasteiger partial charge in [0.1, 0.15) is 0 Å². The van der Waals surface area contributed by atoms with Crippen LogP contribution in [0.3, 0.4) is 0 Å². The lowest BCUT2D eigenvalue weighted by Gasteiger charge is -2.32. The molecule has 2 saturated heterocycles. The van der Waals surface area contributed by atoms with E-state index in [1.165, 1.54) is 10.7 Å². The van der Waals surface area contributed by atoms with E-state index in [-0.39, 0.29) is 41.5 Å². The van der Waals surface area contributed by atoms with Gasteiger partial charge in [-0.15, -0.1) is 35.3 Å². The van der Waals surface area contributed by atoms with Crippen molar-refractivity contribution in [3.8, 4) is 0 Å². The molecule has 10 heteroatoms. The second kappa shape index (κ2) is 11.1. The Bertz CT molecular complexity index is 745. The maximum atomic E-state index is 11.6. The lowest BCUT2D eigenvalue weighted by molar-refractivity contribution is 0.176. The van der Waals surface area contributed by atoms with Crippen molar-refractivity contribution in [3.05, 3.63) is 16.1 Å². The summed E-state index contributed by atoms with van der Waals surface area (Å²) in [5.74, 6) is 1.82. The second-order valence-corrected chi connectivity index (χ2v) is 10.7. The first kappa shape index (κ1) is 23.8. The maximum absolute atomic E-state index is 11.6. The van der Waals surface area contributed by atoms with E-state index in [2.05, 4.69) is 37.8 Å². The summed E-state index contributed by atoms with van der Waals surface area (Å²) in [6.45, 7) is 6.17. The highest BCUT2D eigenvalue weighted by Gasteiger charge is 2.28. The summed E-state index contributed by atoms with van der Waals surface area (Å²) in [5, 5.41) is 10.0. The Morgan fingerprint density at radius 3 is 2.68 bits per heavy atom. The van der Waals surface area contributed by atoms with E-state index >= 15 is 0 Å². The van der Waals surface area contributed by atoms with E-state index in [4.69, 9.17) is 0 Å². The van der Waals surface area contributed by atoms with E-state index in [0.29, 0.717) is 18.3 Å². The molecule has 2 aliphatic rings. The molecule has 3 heterocycles. The number of halogens is 1. The van der Waals surface area contributed by atoms with Crippen molar-refractivity contribution in [3.63, 3.8) is 0 Å². The molecule has 7 nitrogen and oxygen atoms in total. The minimum Gasteiger partial charge on any atom is -0.356 e. The summed E-state index contributed by atoms with van der Waals surface area (Å²) in [6.07, 6.45) is 4.00. The molecule has 3 rings (SSSR count). The van der Waals surface area contributed by atoms with Crippen LogP contribution < -0.4 is 10.6 Å². The van der Waals surface area contributed by atoms with Gasteiger partial charge in [-0.2, -0.15) is 0 Å². The summed E-state index contributed by atoms with van der Waals surface area (Å²) in [7, 11) is -1.14. The molecule has 0 radical (unpaired) electrons. The molecule has 1 aromatic heterocycles. The number of piperidine rings is 1. The SMILES string of the molecule is CCc1nc(CN2CCC(CNC(=NC)NC3CCS(=O)(=O)C3)CC2)cs1.I. The molecule has 0 spiro atoms. The molecule has 1 aromatic rings. The second-order valence-electron chi connectivity index (χ2n) is 7.50. The Balaban J connectivity index is 0.00000280. The van der Waals surface area contributed by atoms with Gasteiger partial charge in [-0.05, 0) is 44.7 Å². The number of hydrogen-bond donors (Lipinski definition) is 2. The summed E-state index contributed by atoms with van der Waals surface area (Å²) < 4.78 is 23.2. The molecule has 0 aliphatic carbocycles. The molecule has 2 fully saturated rings. The normalized spacial score (nSPS) is 23.4. The monoisotopic (exact) mass is 541 g/mol. The first-order valence-electron chi connectivity index (χ1n) is 9.80. The van der Waals surface area contributed by atoms with Crippen molar-refractivity contribution in [2.24, 2.45) is 10.9 Å². The van der Waals surface area contributed by atoms with Gasteiger partial charge in [0, 0.05) is 31.6 Å². The van der Waals surface area contributed by atoms with Crippen LogP contribution in [0.15, 0.2) is 10.4 Å². The number of nitrogens with one attached hydrogen (secondary N) is 2. The van der Waals surface area contributed by atoms with Crippen LogP contribution in [0.25, 0.3) is 0 Å². The van der Waals surface area contributed by atoms with Crippen molar-refractivity contribution in [2.45, 2.75) is 45.2 Å². The van der Waals surface area contributed by atoms with Crippen LogP contribution in [0.5, 0.6) is 0 Å². The Hall–Kier alpha value is -0.460. The van der Waals surface area contributed by atoms with E-state index in [1.54, 1.807) is 18.4 Å². The Kier molecular flexibility index (Phi) is 9.42. The average molecular weight is 542 g/mol. The fourth-order valence-corrected chi connectivity index (χ4v) is 6.11. The van der Waals surface area contributed by atoms with Gasteiger partial charge >= 0.3 is 0 Å². The van der Waals surface area contributed by atoms with E-state index in [1.807, 2.05) is 0 Å². The lowest BCUT2D eigenvalue weighted by Crippen LogP contribution is -2.46. The average Bonchev–Trinajstić information content (AvgIpc) is 3.25. The number of sulfone groups is 1. The van der Waals surface area contributed by atoms with Crippen LogP contribution in [0, 0.1) is 5.92 Å². The number of aliphatic imine (C=N–C) groups is 1. The standard InChI is InChI=1S/C18H31N5O2S2.HI/c1-3-17-21-16(12-26-17)11-23-7-4-14(5-8-23)10-20-18(19-2)22-15-6-9-27(24,25)13-15;/h12,14-15H,3-11,13H2,1-2H3,(H2,19,20,22);1H. The minimum absolute atomic E-state index is 0. The highest BCUT2D eigenvalue weighted by atomic mass is 127. The molecule has 0 saturated carbocycles. The quantitative estimate of drug-likeness (QED) is 0.325. The van der Waals surface area contributed by atoms with Crippen molar-refractivity contribution in [2.75, 3.05) is 38.2 Å². The predicted molar refractivity (Wildman–Crippen MR) is 126 cm³/mol. The van der Waals surface area contributed by atoms with Crippen LogP contribution in [0.2, 0.25) is 0 Å². The molecule has 1 atom stereocenters. The van der Waals surface area contributed by atoms with Crippen LogP contribution >= 0.6 is 35.3 Å². The third-order valence-corrected chi connectivity index (χ3v) is 8.16. The van der Waals surface area contributed by atoms with Crippen LogP contribution in [0.4, 0.5) is 0 Å². The molecule has 0 amide bonds. The molecular weight excluding hydrogens is 509 g/mol. The number of nitrogens with zero attached hydrogens (tertiary/aromatic N) is 3.